The van der Waals surface area contributed by atoms with E-state index in [1.165, 1.54) is 17.8 Å². The van der Waals surface area contributed by atoms with E-state index >= 15 is 0 Å². The Kier molecular flexibility index (Phi) is 2.77. The summed E-state index contributed by atoms with van der Waals surface area (Å²) in [5.41, 5.74) is 0. The van der Waals surface area contributed by atoms with Crippen molar-refractivity contribution in [3.8, 4) is 0 Å². The van der Waals surface area contributed by atoms with E-state index in [0.717, 1.165) is 21.6 Å². The molecule has 0 aromatic carbocycles. The Morgan fingerprint density at radius 2 is 2.38 bits per heavy atom. The number of rotatable bonds is 2. The zero-order valence-corrected chi connectivity index (χ0v) is 11.1. The minimum Gasteiger partial charge on any atom is -0.348 e. The lowest BCUT2D eigenvalue weighted by molar-refractivity contribution is 0.0929. The number of nitrogens with one attached hydrogen (secondary N) is 2. The first-order valence-electron chi connectivity index (χ1n) is 5.52. The van der Waals surface area contributed by atoms with Gasteiger partial charge in [-0.15, -0.1) is 11.3 Å². The van der Waals surface area contributed by atoms with Crippen molar-refractivity contribution < 1.29 is 4.79 Å². The largest absolute Gasteiger partial charge is 0.348 e. The maximum atomic E-state index is 11.9. The van der Waals surface area contributed by atoms with Gasteiger partial charge in [0.2, 0.25) is 0 Å². The Bertz CT molecular complexity index is 420. The van der Waals surface area contributed by atoms with Crippen LogP contribution < -0.4 is 10.6 Å². The third-order valence-electron chi connectivity index (χ3n) is 3.48. The SMILES string of the molecule is O=C(NC1CC2CC1CN2)c1ccc(Br)s1. The van der Waals surface area contributed by atoms with Crippen LogP contribution in [-0.2, 0) is 0 Å². The number of thiophene rings is 1. The van der Waals surface area contributed by atoms with Crippen LogP contribution in [0.2, 0.25) is 0 Å². The fourth-order valence-electron chi connectivity index (χ4n) is 2.69. The van der Waals surface area contributed by atoms with E-state index < -0.39 is 0 Å². The van der Waals surface area contributed by atoms with Gasteiger partial charge in [0, 0.05) is 18.6 Å². The quantitative estimate of drug-likeness (QED) is 0.877. The van der Waals surface area contributed by atoms with Crippen LogP contribution in [-0.4, -0.2) is 24.5 Å². The lowest BCUT2D eigenvalue weighted by atomic mass is 10.0. The predicted octanol–water partition coefficient (Wildman–Crippen LogP) is 1.99. The first-order valence-corrected chi connectivity index (χ1v) is 7.13. The molecule has 0 radical (unpaired) electrons. The highest BCUT2D eigenvalue weighted by molar-refractivity contribution is 9.11. The fourth-order valence-corrected chi connectivity index (χ4v) is 3.98. The molecule has 2 bridgehead atoms. The van der Waals surface area contributed by atoms with Crippen LogP contribution in [0.4, 0.5) is 0 Å². The minimum atomic E-state index is 0.0771. The Balaban J connectivity index is 1.65. The van der Waals surface area contributed by atoms with E-state index in [1.807, 2.05) is 12.1 Å². The van der Waals surface area contributed by atoms with E-state index in [1.54, 1.807) is 0 Å². The normalized spacial score (nSPS) is 31.9. The molecule has 1 amide bonds. The van der Waals surface area contributed by atoms with Crippen LogP contribution in [0.1, 0.15) is 22.5 Å². The van der Waals surface area contributed by atoms with Crippen molar-refractivity contribution in [1.29, 1.82) is 0 Å². The van der Waals surface area contributed by atoms with Crippen LogP contribution in [0, 0.1) is 5.92 Å². The van der Waals surface area contributed by atoms with Gasteiger partial charge in [-0.1, -0.05) is 0 Å². The van der Waals surface area contributed by atoms with Gasteiger partial charge in [0.1, 0.15) is 0 Å². The highest BCUT2D eigenvalue weighted by Gasteiger charge is 2.40. The second-order valence-electron chi connectivity index (χ2n) is 4.52. The van der Waals surface area contributed by atoms with Crippen LogP contribution in [0.25, 0.3) is 0 Å². The number of piperidine rings is 1. The average molecular weight is 301 g/mol. The second-order valence-corrected chi connectivity index (χ2v) is 6.98. The Hall–Kier alpha value is -0.390. The molecule has 1 aromatic heterocycles. The molecule has 2 N–H and O–H groups in total. The number of hydrogen-bond acceptors (Lipinski definition) is 3. The fraction of sp³-hybridized carbons (Fsp3) is 0.545. The van der Waals surface area contributed by atoms with Gasteiger partial charge in [-0.25, -0.2) is 0 Å². The Morgan fingerprint density at radius 3 is 2.94 bits per heavy atom. The molecule has 0 spiro atoms. The summed E-state index contributed by atoms with van der Waals surface area (Å²) in [6.45, 7) is 1.06. The van der Waals surface area contributed by atoms with Crippen molar-refractivity contribution >= 4 is 33.2 Å². The standard InChI is InChI=1S/C11H13BrN2OS/c12-10-2-1-9(16-10)11(15)14-8-4-7-3-6(8)5-13-7/h1-2,6-8,13H,3-5H2,(H,14,15). The van der Waals surface area contributed by atoms with Crippen LogP contribution >= 0.6 is 27.3 Å². The molecule has 1 aromatic rings. The van der Waals surface area contributed by atoms with Gasteiger partial charge in [0.05, 0.1) is 8.66 Å². The minimum absolute atomic E-state index is 0.0771. The van der Waals surface area contributed by atoms with E-state index in [2.05, 4.69) is 26.6 Å². The molecule has 16 heavy (non-hydrogen) atoms. The number of carbonyl (C=O) groups excluding carboxylic acids is 1. The molecular weight excluding hydrogens is 288 g/mol. The van der Waals surface area contributed by atoms with Gasteiger partial charge in [0.15, 0.2) is 0 Å². The van der Waals surface area contributed by atoms with Crippen molar-refractivity contribution in [3.63, 3.8) is 0 Å². The Labute approximate surface area is 107 Å². The highest BCUT2D eigenvalue weighted by atomic mass is 79.9. The average Bonchev–Trinajstić information content (AvgIpc) is 2.92. The molecule has 3 rings (SSSR count). The molecule has 1 aliphatic carbocycles. The summed E-state index contributed by atoms with van der Waals surface area (Å²) >= 11 is 4.86. The van der Waals surface area contributed by atoms with Crippen molar-refractivity contribution in [3.05, 3.63) is 20.8 Å². The molecule has 3 nitrogen and oxygen atoms in total. The first kappa shape index (κ1) is 10.7. The lowest BCUT2D eigenvalue weighted by Gasteiger charge is -2.23. The number of fused-ring (bicyclic) bond motifs is 2. The molecule has 1 saturated carbocycles. The number of hydrogen-bond donors (Lipinski definition) is 2. The number of carbonyl (C=O) groups is 1. The van der Waals surface area contributed by atoms with Crippen molar-refractivity contribution in [2.45, 2.75) is 24.9 Å². The van der Waals surface area contributed by atoms with Gasteiger partial charge in [-0.3, -0.25) is 4.79 Å². The van der Waals surface area contributed by atoms with E-state index in [9.17, 15) is 4.79 Å². The summed E-state index contributed by atoms with van der Waals surface area (Å²) < 4.78 is 1.01. The predicted molar refractivity (Wildman–Crippen MR) is 67.8 cm³/mol. The molecule has 2 heterocycles. The molecule has 3 unspecified atom stereocenters. The summed E-state index contributed by atoms with van der Waals surface area (Å²) in [5.74, 6) is 0.714. The van der Waals surface area contributed by atoms with Gasteiger partial charge < -0.3 is 10.6 Å². The maximum absolute atomic E-state index is 11.9. The van der Waals surface area contributed by atoms with Crippen molar-refractivity contribution in [2.24, 2.45) is 5.92 Å². The summed E-state index contributed by atoms with van der Waals surface area (Å²) in [7, 11) is 0. The summed E-state index contributed by atoms with van der Waals surface area (Å²) in [6.07, 6.45) is 2.31. The van der Waals surface area contributed by atoms with Gasteiger partial charge >= 0.3 is 0 Å². The third kappa shape index (κ3) is 1.92. The van der Waals surface area contributed by atoms with Gasteiger partial charge in [-0.05, 0) is 46.8 Å². The molecule has 86 valence electrons. The van der Waals surface area contributed by atoms with Crippen molar-refractivity contribution in [2.75, 3.05) is 6.54 Å². The summed E-state index contributed by atoms with van der Waals surface area (Å²) in [4.78, 5) is 12.7. The summed E-state index contributed by atoms with van der Waals surface area (Å²) in [6, 6.07) is 4.79. The van der Waals surface area contributed by atoms with Crippen molar-refractivity contribution in [1.82, 2.24) is 10.6 Å². The van der Waals surface area contributed by atoms with Gasteiger partial charge in [-0.2, -0.15) is 0 Å². The topological polar surface area (TPSA) is 41.1 Å². The molecule has 3 atom stereocenters. The van der Waals surface area contributed by atoms with Gasteiger partial charge in [0.25, 0.3) is 5.91 Å². The molecule has 2 fully saturated rings. The Morgan fingerprint density at radius 1 is 1.50 bits per heavy atom. The first-order chi connectivity index (χ1) is 7.72. The summed E-state index contributed by atoms with van der Waals surface area (Å²) in [5, 5.41) is 6.60. The second kappa shape index (κ2) is 4.13. The number of amides is 1. The molecule has 5 heteroatoms. The molecular formula is C11H13BrN2OS. The molecule has 1 saturated heterocycles. The van der Waals surface area contributed by atoms with Crippen LogP contribution in [0.3, 0.4) is 0 Å². The van der Waals surface area contributed by atoms with Crippen LogP contribution in [0.15, 0.2) is 15.9 Å². The molecule has 1 aliphatic heterocycles. The lowest BCUT2D eigenvalue weighted by Crippen LogP contribution is -2.43. The smallest absolute Gasteiger partial charge is 0.261 e. The van der Waals surface area contributed by atoms with E-state index in [0.29, 0.717) is 18.0 Å². The molecule has 2 aliphatic rings. The number of halogens is 1. The zero-order chi connectivity index (χ0) is 11.1. The zero-order valence-electron chi connectivity index (χ0n) is 8.70. The highest BCUT2D eigenvalue weighted by Crippen LogP contribution is 2.31. The maximum Gasteiger partial charge on any atom is 0.261 e. The van der Waals surface area contributed by atoms with Crippen LogP contribution in [0.5, 0.6) is 0 Å². The monoisotopic (exact) mass is 300 g/mol. The third-order valence-corrected chi connectivity index (χ3v) is 5.10. The van der Waals surface area contributed by atoms with E-state index in [-0.39, 0.29) is 5.91 Å². The van der Waals surface area contributed by atoms with E-state index in [4.69, 9.17) is 0 Å².